The quantitative estimate of drug-likeness (QED) is 0.686. The Morgan fingerprint density at radius 2 is 1.96 bits per heavy atom. The van der Waals surface area contributed by atoms with Gasteiger partial charge in [0.15, 0.2) is 6.10 Å². The van der Waals surface area contributed by atoms with E-state index in [0.29, 0.717) is 24.5 Å². The minimum atomic E-state index is -0.178. The number of hydrogen-bond acceptors (Lipinski definition) is 4. The van der Waals surface area contributed by atoms with Crippen LogP contribution in [0.4, 0.5) is 0 Å². The van der Waals surface area contributed by atoms with Crippen LogP contribution in [-0.2, 0) is 16.2 Å². The van der Waals surface area contributed by atoms with Gasteiger partial charge in [0.05, 0.1) is 19.4 Å². The van der Waals surface area contributed by atoms with Gasteiger partial charge in [0.2, 0.25) is 5.91 Å². The second kappa shape index (κ2) is 9.11. The number of carbonyl (C=O) groups excluding carboxylic acids is 1. The molecule has 2 aromatic rings. The van der Waals surface area contributed by atoms with E-state index in [0.717, 1.165) is 22.6 Å². The molecule has 28 heavy (non-hydrogen) atoms. The summed E-state index contributed by atoms with van der Waals surface area (Å²) >= 11 is 6.30. The lowest BCUT2D eigenvalue weighted by atomic mass is 10.0. The molecule has 0 aromatic heterocycles. The van der Waals surface area contributed by atoms with Crippen molar-refractivity contribution in [2.45, 2.75) is 32.9 Å². The number of halogens is 1. The maximum absolute atomic E-state index is 12.7. The van der Waals surface area contributed by atoms with Crippen molar-refractivity contribution in [3.05, 3.63) is 64.7 Å². The van der Waals surface area contributed by atoms with Gasteiger partial charge >= 0.3 is 0 Å². The first-order valence-corrected chi connectivity index (χ1v) is 9.75. The average Bonchev–Trinajstić information content (AvgIpc) is 3.17. The van der Waals surface area contributed by atoms with Crippen molar-refractivity contribution in [3.63, 3.8) is 0 Å². The van der Waals surface area contributed by atoms with Gasteiger partial charge in [-0.1, -0.05) is 48.8 Å². The van der Waals surface area contributed by atoms with E-state index in [-0.39, 0.29) is 17.9 Å². The van der Waals surface area contributed by atoms with E-state index in [9.17, 15) is 4.79 Å². The summed E-state index contributed by atoms with van der Waals surface area (Å²) in [6.45, 7) is 4.72. The van der Waals surface area contributed by atoms with E-state index < -0.39 is 0 Å². The molecule has 6 heteroatoms. The van der Waals surface area contributed by atoms with Crippen molar-refractivity contribution in [1.29, 1.82) is 0 Å². The van der Waals surface area contributed by atoms with Crippen LogP contribution in [0.15, 0.2) is 53.7 Å². The Labute approximate surface area is 170 Å². The van der Waals surface area contributed by atoms with E-state index >= 15 is 0 Å². The fraction of sp³-hybridized carbons (Fsp3) is 0.364. The first-order chi connectivity index (χ1) is 13.5. The summed E-state index contributed by atoms with van der Waals surface area (Å²) in [6.07, 6.45) is 0.471. The smallest absolute Gasteiger partial charge is 0.225 e. The normalized spacial score (nSPS) is 15.9. The number of hydrogen-bond donors (Lipinski definition) is 0. The number of oxime groups is 1. The Kier molecular flexibility index (Phi) is 6.57. The van der Waals surface area contributed by atoms with Crippen LogP contribution >= 0.6 is 11.6 Å². The van der Waals surface area contributed by atoms with Gasteiger partial charge in [-0.15, -0.1) is 0 Å². The van der Waals surface area contributed by atoms with E-state index in [1.165, 1.54) is 0 Å². The first-order valence-electron chi connectivity index (χ1n) is 9.37. The van der Waals surface area contributed by atoms with Gasteiger partial charge in [0, 0.05) is 23.9 Å². The molecule has 1 aliphatic heterocycles. The van der Waals surface area contributed by atoms with Crippen LogP contribution in [-0.4, -0.2) is 36.3 Å². The predicted molar refractivity (Wildman–Crippen MR) is 111 cm³/mol. The van der Waals surface area contributed by atoms with Crippen LogP contribution in [0.3, 0.4) is 0 Å². The lowest BCUT2D eigenvalue weighted by Gasteiger charge is -2.27. The van der Waals surface area contributed by atoms with Crippen LogP contribution in [0.1, 0.15) is 31.4 Å². The van der Waals surface area contributed by atoms with Gasteiger partial charge in [-0.25, -0.2) is 0 Å². The van der Waals surface area contributed by atoms with Crippen molar-refractivity contribution < 1.29 is 14.4 Å². The number of ether oxygens (including phenoxy) is 1. The van der Waals surface area contributed by atoms with Crippen LogP contribution in [0, 0.1) is 5.92 Å². The lowest BCUT2D eigenvalue weighted by Crippen LogP contribution is -2.39. The van der Waals surface area contributed by atoms with Crippen molar-refractivity contribution in [2.24, 2.45) is 11.1 Å². The molecular weight excluding hydrogens is 376 g/mol. The SMILES string of the molecule is COc1ccc(C2=NO[C@@H](CN(Cc3ccccc3Cl)C(=O)C(C)C)C2)cc1. The molecule has 1 atom stereocenters. The monoisotopic (exact) mass is 400 g/mol. The van der Waals surface area contributed by atoms with Gasteiger partial charge in [-0.2, -0.15) is 0 Å². The number of amides is 1. The van der Waals surface area contributed by atoms with Crippen LogP contribution in [0.2, 0.25) is 5.02 Å². The maximum Gasteiger partial charge on any atom is 0.225 e. The molecule has 1 heterocycles. The largest absolute Gasteiger partial charge is 0.497 e. The van der Waals surface area contributed by atoms with Crippen LogP contribution in [0.5, 0.6) is 5.75 Å². The predicted octanol–water partition coefficient (Wildman–Crippen LogP) is 4.53. The van der Waals surface area contributed by atoms with E-state index in [2.05, 4.69) is 5.16 Å². The van der Waals surface area contributed by atoms with Gasteiger partial charge in [-0.3, -0.25) is 4.79 Å². The molecule has 0 radical (unpaired) electrons. The molecule has 0 aliphatic carbocycles. The second-order valence-electron chi connectivity index (χ2n) is 7.16. The molecule has 0 bridgehead atoms. The molecular formula is C22H25ClN2O3. The Hall–Kier alpha value is -2.53. The highest BCUT2D eigenvalue weighted by atomic mass is 35.5. The summed E-state index contributed by atoms with van der Waals surface area (Å²) in [5.74, 6) is 0.764. The van der Waals surface area contributed by atoms with Crippen molar-refractivity contribution in [2.75, 3.05) is 13.7 Å². The topological polar surface area (TPSA) is 51.1 Å². The van der Waals surface area contributed by atoms with Gasteiger partial charge in [0.25, 0.3) is 0 Å². The molecule has 148 valence electrons. The summed E-state index contributed by atoms with van der Waals surface area (Å²) in [5, 5.41) is 4.90. The fourth-order valence-electron chi connectivity index (χ4n) is 3.16. The number of methoxy groups -OCH3 is 1. The standard InChI is InChI=1S/C22H25ClN2O3/c1-15(2)22(26)25(13-17-6-4-5-7-20(17)23)14-19-12-21(24-28-19)16-8-10-18(27-3)11-9-16/h4-11,15,19H,12-14H2,1-3H3/t19-/m1/s1. The Morgan fingerprint density at radius 1 is 1.25 bits per heavy atom. The van der Waals surface area contributed by atoms with Crippen LogP contribution in [0.25, 0.3) is 0 Å². The molecule has 3 rings (SSSR count). The number of carbonyl (C=O) groups is 1. The molecule has 0 spiro atoms. The number of nitrogens with zero attached hydrogens (tertiary/aromatic N) is 2. The summed E-state index contributed by atoms with van der Waals surface area (Å²) in [7, 11) is 1.64. The Morgan fingerprint density at radius 3 is 2.61 bits per heavy atom. The third kappa shape index (κ3) is 4.84. The molecule has 1 aliphatic rings. The highest BCUT2D eigenvalue weighted by molar-refractivity contribution is 6.31. The molecule has 5 nitrogen and oxygen atoms in total. The Balaban J connectivity index is 1.68. The molecule has 0 saturated heterocycles. The molecule has 0 saturated carbocycles. The van der Waals surface area contributed by atoms with Gasteiger partial charge < -0.3 is 14.5 Å². The summed E-state index contributed by atoms with van der Waals surface area (Å²) in [5.41, 5.74) is 2.80. The number of benzene rings is 2. The lowest BCUT2D eigenvalue weighted by molar-refractivity contribution is -0.136. The summed E-state index contributed by atoms with van der Waals surface area (Å²) < 4.78 is 5.19. The third-order valence-corrected chi connectivity index (χ3v) is 5.07. The maximum atomic E-state index is 12.7. The highest BCUT2D eigenvalue weighted by Crippen LogP contribution is 2.23. The number of rotatable bonds is 7. The molecule has 0 unspecified atom stereocenters. The zero-order chi connectivity index (χ0) is 20.1. The van der Waals surface area contributed by atoms with Crippen molar-refractivity contribution in [3.8, 4) is 5.75 Å². The molecule has 0 N–H and O–H groups in total. The van der Waals surface area contributed by atoms with Gasteiger partial charge in [-0.05, 0) is 41.5 Å². The highest BCUT2D eigenvalue weighted by Gasteiger charge is 2.28. The van der Waals surface area contributed by atoms with E-state index in [4.69, 9.17) is 21.2 Å². The second-order valence-corrected chi connectivity index (χ2v) is 7.57. The summed E-state index contributed by atoms with van der Waals surface area (Å²) in [6, 6.07) is 15.3. The van der Waals surface area contributed by atoms with Crippen molar-refractivity contribution in [1.82, 2.24) is 4.90 Å². The minimum Gasteiger partial charge on any atom is -0.497 e. The van der Waals surface area contributed by atoms with Crippen molar-refractivity contribution >= 4 is 23.2 Å². The zero-order valence-electron chi connectivity index (χ0n) is 16.4. The fourth-order valence-corrected chi connectivity index (χ4v) is 3.35. The minimum absolute atomic E-state index is 0.0708. The third-order valence-electron chi connectivity index (χ3n) is 4.70. The molecule has 1 amide bonds. The Bertz CT molecular complexity index is 849. The van der Waals surface area contributed by atoms with E-state index in [1.807, 2.05) is 67.3 Å². The summed E-state index contributed by atoms with van der Waals surface area (Å²) in [4.78, 5) is 20.2. The van der Waals surface area contributed by atoms with Gasteiger partial charge in [0.1, 0.15) is 5.75 Å². The molecule has 0 fully saturated rings. The molecule has 2 aromatic carbocycles. The van der Waals surface area contributed by atoms with E-state index in [1.54, 1.807) is 7.11 Å². The first kappa shape index (κ1) is 20.2. The zero-order valence-corrected chi connectivity index (χ0v) is 17.1. The average molecular weight is 401 g/mol. The van der Waals surface area contributed by atoms with Crippen LogP contribution < -0.4 is 4.74 Å².